The third kappa shape index (κ3) is 5.10. The highest BCUT2D eigenvalue weighted by atomic mass is 32.2. The van der Waals surface area contributed by atoms with Gasteiger partial charge in [-0.05, 0) is 55.0 Å². The molecular weight excluding hydrogens is 344 g/mol. The number of hydrogen-bond donors (Lipinski definition) is 1. The summed E-state index contributed by atoms with van der Waals surface area (Å²) < 4.78 is 5.76. The molecule has 0 aliphatic carbocycles. The Morgan fingerprint density at radius 3 is 2.35 bits per heavy atom. The van der Waals surface area contributed by atoms with Crippen molar-refractivity contribution in [1.82, 2.24) is 4.98 Å². The number of pyridine rings is 1. The van der Waals surface area contributed by atoms with Gasteiger partial charge in [0, 0.05) is 11.9 Å². The predicted octanol–water partition coefficient (Wildman–Crippen LogP) is 5.38. The van der Waals surface area contributed by atoms with Crippen molar-refractivity contribution in [2.24, 2.45) is 0 Å². The van der Waals surface area contributed by atoms with Crippen LogP contribution in [0.2, 0.25) is 0 Å². The number of hydrogen-bond acceptors (Lipinski definition) is 4. The van der Waals surface area contributed by atoms with Crippen molar-refractivity contribution in [3.63, 3.8) is 0 Å². The second kappa shape index (κ2) is 9.06. The lowest BCUT2D eigenvalue weighted by Gasteiger charge is -2.14. The van der Waals surface area contributed by atoms with Crippen LogP contribution in [0.15, 0.2) is 84.0 Å². The number of ether oxygens (including phenoxy) is 1. The van der Waals surface area contributed by atoms with E-state index < -0.39 is 0 Å². The molecule has 0 fully saturated rings. The molecule has 2 aromatic carbocycles. The Labute approximate surface area is 157 Å². The number of anilines is 1. The van der Waals surface area contributed by atoms with E-state index in [1.54, 1.807) is 6.20 Å². The van der Waals surface area contributed by atoms with E-state index in [0.29, 0.717) is 0 Å². The first-order chi connectivity index (χ1) is 12.7. The van der Waals surface area contributed by atoms with Gasteiger partial charge in [-0.2, -0.15) is 0 Å². The van der Waals surface area contributed by atoms with E-state index in [-0.39, 0.29) is 11.2 Å². The summed E-state index contributed by atoms with van der Waals surface area (Å²) in [7, 11) is 0. The Hall–Kier alpha value is -2.79. The first kappa shape index (κ1) is 18.0. The van der Waals surface area contributed by atoms with Crippen LogP contribution in [0.5, 0.6) is 11.5 Å². The number of amides is 1. The molecule has 1 unspecified atom stereocenters. The minimum absolute atomic E-state index is 0.0279. The number of rotatable bonds is 7. The molecule has 0 aliphatic heterocycles. The summed E-state index contributed by atoms with van der Waals surface area (Å²) >= 11 is 1.47. The topological polar surface area (TPSA) is 51.2 Å². The summed E-state index contributed by atoms with van der Waals surface area (Å²) in [4.78, 5) is 16.8. The number of aromatic nitrogens is 1. The van der Waals surface area contributed by atoms with Crippen LogP contribution in [0.3, 0.4) is 0 Å². The number of benzene rings is 2. The van der Waals surface area contributed by atoms with Crippen LogP contribution in [0.1, 0.15) is 13.3 Å². The highest BCUT2D eigenvalue weighted by Gasteiger charge is 2.18. The molecule has 1 N–H and O–H groups in total. The van der Waals surface area contributed by atoms with Gasteiger partial charge in [-0.25, -0.2) is 4.98 Å². The highest BCUT2D eigenvalue weighted by molar-refractivity contribution is 8.00. The molecule has 0 saturated heterocycles. The molecule has 1 aromatic heterocycles. The lowest BCUT2D eigenvalue weighted by molar-refractivity contribution is -0.115. The maximum atomic E-state index is 12.5. The van der Waals surface area contributed by atoms with Crippen molar-refractivity contribution in [1.29, 1.82) is 0 Å². The number of carbonyl (C=O) groups excluding carboxylic acids is 1. The third-order valence-corrected chi connectivity index (χ3v) is 4.98. The zero-order valence-electron chi connectivity index (χ0n) is 14.5. The SMILES string of the molecule is CCC(Sc1ccccn1)C(=O)Nc1ccc(Oc2ccccc2)cc1. The van der Waals surface area contributed by atoms with Gasteiger partial charge in [0.1, 0.15) is 11.5 Å². The van der Waals surface area contributed by atoms with Gasteiger partial charge in [-0.3, -0.25) is 4.79 Å². The summed E-state index contributed by atoms with van der Waals surface area (Å²) in [5, 5.41) is 3.62. The average molecular weight is 364 g/mol. The first-order valence-corrected chi connectivity index (χ1v) is 9.34. The summed E-state index contributed by atoms with van der Waals surface area (Å²) in [6, 6.07) is 22.7. The molecule has 1 amide bonds. The molecule has 0 spiro atoms. The Kier molecular flexibility index (Phi) is 6.28. The van der Waals surface area contributed by atoms with Gasteiger partial charge >= 0.3 is 0 Å². The third-order valence-electron chi connectivity index (χ3n) is 3.66. The van der Waals surface area contributed by atoms with Crippen molar-refractivity contribution in [2.45, 2.75) is 23.6 Å². The largest absolute Gasteiger partial charge is 0.457 e. The van der Waals surface area contributed by atoms with E-state index >= 15 is 0 Å². The Morgan fingerprint density at radius 2 is 1.69 bits per heavy atom. The Bertz CT molecular complexity index is 824. The van der Waals surface area contributed by atoms with Gasteiger partial charge in [-0.1, -0.05) is 43.0 Å². The molecule has 0 aliphatic rings. The summed E-state index contributed by atoms with van der Waals surface area (Å²) in [5.41, 5.74) is 0.746. The van der Waals surface area contributed by atoms with Crippen molar-refractivity contribution in [3.8, 4) is 11.5 Å². The minimum atomic E-state index is -0.190. The molecule has 0 saturated carbocycles. The molecular formula is C21H20N2O2S. The number of thioether (sulfide) groups is 1. The lowest BCUT2D eigenvalue weighted by atomic mass is 10.2. The van der Waals surface area contributed by atoms with Gasteiger partial charge < -0.3 is 10.1 Å². The van der Waals surface area contributed by atoms with E-state index in [1.165, 1.54) is 11.8 Å². The van der Waals surface area contributed by atoms with Crippen molar-refractivity contribution >= 4 is 23.4 Å². The van der Waals surface area contributed by atoms with E-state index in [4.69, 9.17) is 4.74 Å². The van der Waals surface area contributed by atoms with Gasteiger partial charge in [0.2, 0.25) is 5.91 Å². The molecule has 26 heavy (non-hydrogen) atoms. The van der Waals surface area contributed by atoms with Crippen LogP contribution in [0, 0.1) is 0 Å². The Morgan fingerprint density at radius 1 is 1.00 bits per heavy atom. The maximum absolute atomic E-state index is 12.5. The van der Waals surface area contributed by atoms with E-state index in [1.807, 2.05) is 79.7 Å². The zero-order valence-corrected chi connectivity index (χ0v) is 15.3. The number of para-hydroxylation sites is 1. The fourth-order valence-corrected chi connectivity index (χ4v) is 3.24. The quantitative estimate of drug-likeness (QED) is 0.572. The summed E-state index contributed by atoms with van der Waals surface area (Å²) in [5.74, 6) is 1.48. The predicted molar refractivity (Wildman–Crippen MR) is 106 cm³/mol. The average Bonchev–Trinajstić information content (AvgIpc) is 2.69. The standard InChI is InChI=1S/C21H20N2O2S/c1-2-19(26-20-10-6-7-15-22-20)21(24)23-16-11-13-18(14-12-16)25-17-8-4-3-5-9-17/h3-15,19H,2H2,1H3,(H,23,24). The minimum Gasteiger partial charge on any atom is -0.457 e. The van der Waals surface area contributed by atoms with Crippen LogP contribution in [0.25, 0.3) is 0 Å². The molecule has 132 valence electrons. The molecule has 3 aromatic rings. The molecule has 1 heterocycles. The highest BCUT2D eigenvalue weighted by Crippen LogP contribution is 2.26. The fraction of sp³-hybridized carbons (Fsp3) is 0.143. The van der Waals surface area contributed by atoms with Crippen molar-refractivity contribution in [3.05, 3.63) is 79.0 Å². The lowest BCUT2D eigenvalue weighted by Crippen LogP contribution is -2.24. The zero-order chi connectivity index (χ0) is 18.2. The number of nitrogens with zero attached hydrogens (tertiary/aromatic N) is 1. The van der Waals surface area contributed by atoms with Gasteiger partial charge in [0.15, 0.2) is 0 Å². The monoisotopic (exact) mass is 364 g/mol. The number of carbonyl (C=O) groups is 1. The van der Waals surface area contributed by atoms with Gasteiger partial charge in [0.25, 0.3) is 0 Å². The second-order valence-corrected chi connectivity index (χ2v) is 6.83. The van der Waals surface area contributed by atoms with Crippen LogP contribution in [-0.4, -0.2) is 16.1 Å². The van der Waals surface area contributed by atoms with Gasteiger partial charge in [0.05, 0.1) is 10.3 Å². The molecule has 1 atom stereocenters. The van der Waals surface area contributed by atoms with Crippen LogP contribution < -0.4 is 10.1 Å². The van der Waals surface area contributed by atoms with Crippen LogP contribution in [-0.2, 0) is 4.79 Å². The second-order valence-electron chi connectivity index (χ2n) is 5.61. The smallest absolute Gasteiger partial charge is 0.237 e. The molecule has 0 radical (unpaired) electrons. The van der Waals surface area contributed by atoms with Crippen LogP contribution >= 0.6 is 11.8 Å². The van der Waals surface area contributed by atoms with Crippen molar-refractivity contribution in [2.75, 3.05) is 5.32 Å². The maximum Gasteiger partial charge on any atom is 0.237 e. The Balaban J connectivity index is 1.59. The first-order valence-electron chi connectivity index (χ1n) is 8.46. The number of nitrogens with one attached hydrogen (secondary N) is 1. The fourth-order valence-electron chi connectivity index (χ4n) is 2.34. The van der Waals surface area contributed by atoms with Crippen molar-refractivity contribution < 1.29 is 9.53 Å². The summed E-state index contributed by atoms with van der Waals surface area (Å²) in [6.07, 6.45) is 2.46. The molecule has 4 nitrogen and oxygen atoms in total. The molecule has 5 heteroatoms. The van der Waals surface area contributed by atoms with Gasteiger partial charge in [-0.15, -0.1) is 0 Å². The summed E-state index contributed by atoms with van der Waals surface area (Å²) in [6.45, 7) is 2.00. The van der Waals surface area contributed by atoms with E-state index in [0.717, 1.165) is 28.6 Å². The molecule has 0 bridgehead atoms. The van der Waals surface area contributed by atoms with E-state index in [9.17, 15) is 4.79 Å². The van der Waals surface area contributed by atoms with E-state index in [2.05, 4.69) is 10.3 Å². The normalized spacial score (nSPS) is 11.6. The molecule has 3 rings (SSSR count). The van der Waals surface area contributed by atoms with Crippen LogP contribution in [0.4, 0.5) is 5.69 Å².